The molecule has 0 spiro atoms. The van der Waals surface area contributed by atoms with Crippen molar-refractivity contribution in [2.45, 2.75) is 51.6 Å². The molecule has 10 heavy (non-hydrogen) atoms. The lowest BCUT2D eigenvalue weighted by Crippen LogP contribution is -2.25. The molecule has 0 saturated carbocycles. The van der Waals surface area contributed by atoms with E-state index < -0.39 is 0 Å². The molecular formula is C8H20N2. The molecule has 0 heterocycles. The van der Waals surface area contributed by atoms with Crippen LogP contribution in [0.4, 0.5) is 0 Å². The maximum absolute atomic E-state index is 5.72. The lowest BCUT2D eigenvalue weighted by molar-refractivity contribution is 0.502. The van der Waals surface area contributed by atoms with Gasteiger partial charge in [0.1, 0.15) is 0 Å². The van der Waals surface area contributed by atoms with E-state index in [1.807, 2.05) is 0 Å². The van der Waals surface area contributed by atoms with Crippen LogP contribution in [0.2, 0.25) is 0 Å². The van der Waals surface area contributed by atoms with Gasteiger partial charge in [0.25, 0.3) is 0 Å². The maximum atomic E-state index is 5.72. The largest absolute Gasteiger partial charge is 0.328 e. The summed E-state index contributed by atoms with van der Waals surface area (Å²) in [5.74, 6) is 0. The Balaban J connectivity index is 3.17. The van der Waals surface area contributed by atoms with Gasteiger partial charge in [-0.1, -0.05) is 13.8 Å². The van der Waals surface area contributed by atoms with E-state index in [1.165, 1.54) is 0 Å². The molecule has 0 rings (SSSR count). The van der Waals surface area contributed by atoms with Gasteiger partial charge in [0, 0.05) is 12.1 Å². The molecule has 0 aliphatic rings. The molecule has 0 radical (unpaired) electrons. The highest BCUT2D eigenvalue weighted by Gasteiger charge is 2.02. The predicted molar refractivity (Wildman–Crippen MR) is 45.8 cm³/mol. The van der Waals surface area contributed by atoms with Crippen LogP contribution in [0.3, 0.4) is 0 Å². The summed E-state index contributed by atoms with van der Waals surface area (Å²) in [5.41, 5.74) is 11.4. The minimum Gasteiger partial charge on any atom is -0.328 e. The van der Waals surface area contributed by atoms with Gasteiger partial charge in [-0.25, -0.2) is 0 Å². The third kappa shape index (κ3) is 4.77. The summed E-state index contributed by atoms with van der Waals surface area (Å²) in [4.78, 5) is 0. The van der Waals surface area contributed by atoms with E-state index >= 15 is 0 Å². The third-order valence-electron chi connectivity index (χ3n) is 1.96. The Hall–Kier alpha value is -0.0800. The molecule has 0 aliphatic carbocycles. The van der Waals surface area contributed by atoms with Gasteiger partial charge < -0.3 is 11.5 Å². The van der Waals surface area contributed by atoms with Crippen molar-refractivity contribution in [2.24, 2.45) is 11.5 Å². The molecule has 0 bridgehead atoms. The molecule has 0 aromatic carbocycles. The Kier molecular flexibility index (Phi) is 5.64. The van der Waals surface area contributed by atoms with E-state index in [4.69, 9.17) is 11.5 Å². The fraction of sp³-hybridized carbons (Fsp3) is 1.00. The highest BCUT2D eigenvalue weighted by atomic mass is 14.6. The molecule has 0 saturated heterocycles. The van der Waals surface area contributed by atoms with Gasteiger partial charge in [0.2, 0.25) is 0 Å². The zero-order chi connectivity index (χ0) is 7.98. The first-order valence-corrected chi connectivity index (χ1v) is 4.21. The van der Waals surface area contributed by atoms with Crippen LogP contribution in [0, 0.1) is 0 Å². The Bertz CT molecular complexity index is 63.7. The molecular weight excluding hydrogens is 124 g/mol. The molecule has 2 unspecified atom stereocenters. The Morgan fingerprint density at radius 3 is 1.40 bits per heavy atom. The molecule has 2 nitrogen and oxygen atoms in total. The second-order valence-electron chi connectivity index (χ2n) is 2.91. The molecule has 0 aromatic heterocycles. The van der Waals surface area contributed by atoms with Crippen LogP contribution in [0.1, 0.15) is 39.5 Å². The van der Waals surface area contributed by atoms with E-state index in [1.54, 1.807) is 0 Å². The summed E-state index contributed by atoms with van der Waals surface area (Å²) >= 11 is 0. The average Bonchev–Trinajstić information content (AvgIpc) is 1.99. The van der Waals surface area contributed by atoms with E-state index in [-0.39, 0.29) is 0 Å². The summed E-state index contributed by atoms with van der Waals surface area (Å²) in [5, 5.41) is 0. The highest BCUT2D eigenvalue weighted by molar-refractivity contribution is 4.64. The summed E-state index contributed by atoms with van der Waals surface area (Å²) in [6.45, 7) is 4.23. The zero-order valence-electron chi connectivity index (χ0n) is 7.14. The number of nitrogens with two attached hydrogens (primary N) is 2. The van der Waals surface area contributed by atoms with Crippen LogP contribution < -0.4 is 11.5 Å². The summed E-state index contributed by atoms with van der Waals surface area (Å²) < 4.78 is 0. The van der Waals surface area contributed by atoms with Crippen LogP contribution in [0.5, 0.6) is 0 Å². The van der Waals surface area contributed by atoms with Crippen molar-refractivity contribution in [3.63, 3.8) is 0 Å². The highest BCUT2D eigenvalue weighted by Crippen LogP contribution is 2.02. The summed E-state index contributed by atoms with van der Waals surface area (Å²) in [7, 11) is 0. The summed E-state index contributed by atoms with van der Waals surface area (Å²) in [6, 6.07) is 0.718. The first kappa shape index (κ1) is 9.92. The van der Waals surface area contributed by atoms with Crippen molar-refractivity contribution in [1.82, 2.24) is 0 Å². The Labute approximate surface area is 64.0 Å². The quantitative estimate of drug-likeness (QED) is 0.610. The molecule has 0 amide bonds. The number of rotatable bonds is 5. The van der Waals surface area contributed by atoms with Crippen molar-refractivity contribution in [1.29, 1.82) is 0 Å². The van der Waals surface area contributed by atoms with Crippen LogP contribution in [-0.2, 0) is 0 Å². The second-order valence-corrected chi connectivity index (χ2v) is 2.91. The average molecular weight is 144 g/mol. The van der Waals surface area contributed by atoms with Gasteiger partial charge in [0.05, 0.1) is 0 Å². The van der Waals surface area contributed by atoms with Crippen molar-refractivity contribution < 1.29 is 0 Å². The van der Waals surface area contributed by atoms with Crippen LogP contribution in [0.25, 0.3) is 0 Å². The van der Waals surface area contributed by atoms with Gasteiger partial charge in [-0.3, -0.25) is 0 Å². The molecule has 0 aromatic rings. The van der Waals surface area contributed by atoms with Crippen LogP contribution >= 0.6 is 0 Å². The molecule has 4 N–H and O–H groups in total. The maximum Gasteiger partial charge on any atom is 0.00367 e. The normalized spacial score (nSPS) is 16.8. The van der Waals surface area contributed by atoms with E-state index in [9.17, 15) is 0 Å². The fourth-order valence-corrected chi connectivity index (χ4v) is 0.836. The van der Waals surface area contributed by atoms with E-state index in [0.717, 1.165) is 25.7 Å². The van der Waals surface area contributed by atoms with E-state index in [0.29, 0.717) is 12.1 Å². The third-order valence-corrected chi connectivity index (χ3v) is 1.96. The Morgan fingerprint density at radius 2 is 1.20 bits per heavy atom. The van der Waals surface area contributed by atoms with Crippen LogP contribution in [-0.4, -0.2) is 12.1 Å². The van der Waals surface area contributed by atoms with Crippen LogP contribution in [0.15, 0.2) is 0 Å². The van der Waals surface area contributed by atoms with Crippen molar-refractivity contribution in [3.05, 3.63) is 0 Å². The van der Waals surface area contributed by atoms with Gasteiger partial charge in [-0.15, -0.1) is 0 Å². The van der Waals surface area contributed by atoms with Gasteiger partial charge in [-0.05, 0) is 25.7 Å². The second kappa shape index (κ2) is 5.69. The lowest BCUT2D eigenvalue weighted by atomic mass is 10.0. The van der Waals surface area contributed by atoms with Gasteiger partial charge >= 0.3 is 0 Å². The van der Waals surface area contributed by atoms with Crippen molar-refractivity contribution in [2.75, 3.05) is 0 Å². The molecule has 2 atom stereocenters. The molecule has 62 valence electrons. The fourth-order valence-electron chi connectivity index (χ4n) is 0.836. The molecule has 0 fully saturated rings. The molecule has 0 aliphatic heterocycles. The zero-order valence-corrected chi connectivity index (χ0v) is 7.14. The smallest absolute Gasteiger partial charge is 0.00367 e. The van der Waals surface area contributed by atoms with Gasteiger partial charge in [-0.2, -0.15) is 0 Å². The Morgan fingerprint density at radius 1 is 0.900 bits per heavy atom. The standard InChI is InChI=1S/C8H20N2/c1-3-7(9)5-6-8(10)4-2/h7-8H,3-6,9-10H2,1-2H3. The SMILES string of the molecule is CCC(N)CCC(N)CC. The predicted octanol–water partition coefficient (Wildman–Crippen LogP) is 1.24. The first-order valence-electron chi connectivity index (χ1n) is 4.21. The van der Waals surface area contributed by atoms with Crippen molar-refractivity contribution in [3.8, 4) is 0 Å². The van der Waals surface area contributed by atoms with E-state index in [2.05, 4.69) is 13.8 Å². The topological polar surface area (TPSA) is 52.0 Å². The minimum absolute atomic E-state index is 0.359. The van der Waals surface area contributed by atoms with Gasteiger partial charge in [0.15, 0.2) is 0 Å². The first-order chi connectivity index (χ1) is 4.70. The summed E-state index contributed by atoms with van der Waals surface area (Å²) in [6.07, 6.45) is 4.28. The lowest BCUT2D eigenvalue weighted by Gasteiger charge is -2.11. The number of hydrogen-bond donors (Lipinski definition) is 2. The minimum atomic E-state index is 0.359. The molecule has 2 heteroatoms. The van der Waals surface area contributed by atoms with Crippen molar-refractivity contribution >= 4 is 0 Å². The monoisotopic (exact) mass is 144 g/mol. The number of hydrogen-bond acceptors (Lipinski definition) is 2.